The Morgan fingerprint density at radius 3 is 2.65 bits per heavy atom. The van der Waals surface area contributed by atoms with E-state index in [1.807, 2.05) is 0 Å². The summed E-state index contributed by atoms with van der Waals surface area (Å²) in [5.74, 6) is -0.339. The van der Waals surface area contributed by atoms with E-state index < -0.39 is 10.0 Å². The van der Waals surface area contributed by atoms with E-state index in [4.69, 9.17) is 11.6 Å². The second kappa shape index (κ2) is 6.53. The van der Waals surface area contributed by atoms with E-state index in [1.165, 1.54) is 12.1 Å². The van der Waals surface area contributed by atoms with Crippen LogP contribution in [-0.4, -0.2) is 15.0 Å². The van der Waals surface area contributed by atoms with Gasteiger partial charge in [-0.25, -0.2) is 17.5 Å². The summed E-state index contributed by atoms with van der Waals surface area (Å²) < 4.78 is 40.5. The fourth-order valence-corrected chi connectivity index (χ4v) is 5.03. The largest absolute Gasteiger partial charge is 0.250 e. The second-order valence-corrected chi connectivity index (χ2v) is 8.70. The molecule has 2 rings (SSSR count). The van der Waals surface area contributed by atoms with Crippen LogP contribution in [0.25, 0.3) is 0 Å². The Balaban J connectivity index is 2.02. The summed E-state index contributed by atoms with van der Waals surface area (Å²) in [6.07, 6.45) is 0.284. The Morgan fingerprint density at radius 2 is 2.05 bits per heavy atom. The second-order valence-electron chi connectivity index (χ2n) is 3.93. The third-order valence-corrected chi connectivity index (χ3v) is 6.94. The van der Waals surface area contributed by atoms with Gasteiger partial charge < -0.3 is 0 Å². The van der Waals surface area contributed by atoms with Crippen LogP contribution in [-0.2, 0) is 16.4 Å². The van der Waals surface area contributed by atoms with Crippen molar-refractivity contribution in [3.05, 3.63) is 50.5 Å². The number of rotatable bonds is 5. The maximum absolute atomic E-state index is 13.4. The third kappa shape index (κ3) is 3.79. The highest BCUT2D eigenvalue weighted by Crippen LogP contribution is 2.34. The summed E-state index contributed by atoms with van der Waals surface area (Å²) in [7, 11) is -3.61. The predicted octanol–water partition coefficient (Wildman–Crippen LogP) is 3.82. The number of nitrogens with one attached hydrogen (secondary N) is 1. The van der Waals surface area contributed by atoms with Gasteiger partial charge in [-0.1, -0.05) is 29.8 Å². The van der Waals surface area contributed by atoms with Gasteiger partial charge in [0.25, 0.3) is 0 Å². The Labute approximate surface area is 134 Å². The maximum atomic E-state index is 13.4. The van der Waals surface area contributed by atoms with E-state index >= 15 is 0 Å². The van der Waals surface area contributed by atoms with E-state index in [2.05, 4.69) is 20.7 Å². The number of hydrogen-bond acceptors (Lipinski definition) is 3. The highest BCUT2D eigenvalue weighted by Gasteiger charge is 2.18. The molecule has 0 atom stereocenters. The minimum absolute atomic E-state index is 0.121. The van der Waals surface area contributed by atoms with Crippen molar-refractivity contribution in [1.29, 1.82) is 0 Å². The fourth-order valence-electron chi connectivity index (χ4n) is 1.55. The van der Waals surface area contributed by atoms with Gasteiger partial charge in [0, 0.05) is 6.54 Å². The van der Waals surface area contributed by atoms with Crippen molar-refractivity contribution in [3.8, 4) is 0 Å². The average Bonchev–Trinajstić information content (AvgIpc) is 2.73. The molecule has 1 aromatic heterocycles. The molecule has 1 aromatic carbocycles. The van der Waals surface area contributed by atoms with Crippen LogP contribution in [0.4, 0.5) is 4.39 Å². The molecular weight excluding hydrogens is 389 g/mol. The molecule has 3 nitrogen and oxygen atoms in total. The Kier molecular flexibility index (Phi) is 5.19. The maximum Gasteiger partial charge on any atom is 0.250 e. The van der Waals surface area contributed by atoms with Gasteiger partial charge in [0.15, 0.2) is 0 Å². The molecular formula is C12H10BrClFNO2S2. The van der Waals surface area contributed by atoms with E-state index in [0.717, 1.165) is 11.3 Å². The van der Waals surface area contributed by atoms with Crippen molar-refractivity contribution in [2.24, 2.45) is 0 Å². The van der Waals surface area contributed by atoms with Crippen molar-refractivity contribution in [2.45, 2.75) is 10.6 Å². The SMILES string of the molecule is O=S(=O)(NCCc1ccccc1F)c1cc(Cl)c(Br)s1. The lowest BCUT2D eigenvalue weighted by atomic mass is 10.1. The third-order valence-electron chi connectivity index (χ3n) is 2.53. The van der Waals surface area contributed by atoms with E-state index in [1.54, 1.807) is 18.2 Å². The molecule has 0 aliphatic rings. The molecule has 1 heterocycles. The number of sulfonamides is 1. The van der Waals surface area contributed by atoms with Crippen molar-refractivity contribution in [3.63, 3.8) is 0 Å². The molecule has 8 heteroatoms. The topological polar surface area (TPSA) is 46.2 Å². The molecule has 0 amide bonds. The first-order chi connectivity index (χ1) is 9.40. The number of hydrogen-bond donors (Lipinski definition) is 1. The zero-order valence-corrected chi connectivity index (χ0v) is 14.0. The Hall–Kier alpha value is -0.470. The van der Waals surface area contributed by atoms with Gasteiger partial charge in [0.2, 0.25) is 10.0 Å². The van der Waals surface area contributed by atoms with Crippen LogP contribution in [0.3, 0.4) is 0 Å². The van der Waals surface area contributed by atoms with Crippen LogP contribution in [0.5, 0.6) is 0 Å². The smallest absolute Gasteiger partial charge is 0.210 e. The molecule has 108 valence electrons. The monoisotopic (exact) mass is 397 g/mol. The van der Waals surface area contributed by atoms with Crippen LogP contribution in [0.2, 0.25) is 5.02 Å². The first-order valence-corrected chi connectivity index (χ1v) is 9.05. The summed E-state index contributed by atoms with van der Waals surface area (Å²) in [5, 5.41) is 0.351. The van der Waals surface area contributed by atoms with Gasteiger partial charge in [-0.3, -0.25) is 0 Å². The average molecular weight is 399 g/mol. The summed E-state index contributed by atoms with van der Waals surface area (Å²) >= 11 is 10.0. The highest BCUT2D eigenvalue weighted by atomic mass is 79.9. The lowest BCUT2D eigenvalue weighted by molar-refractivity contribution is 0.579. The summed E-state index contributed by atoms with van der Waals surface area (Å²) in [6, 6.07) is 7.65. The van der Waals surface area contributed by atoms with Gasteiger partial charge in [-0.15, -0.1) is 11.3 Å². The Morgan fingerprint density at radius 1 is 1.35 bits per heavy atom. The molecule has 0 aliphatic carbocycles. The quantitative estimate of drug-likeness (QED) is 0.832. The molecule has 1 N–H and O–H groups in total. The minimum atomic E-state index is -3.61. The number of benzene rings is 1. The van der Waals surface area contributed by atoms with Gasteiger partial charge in [0.1, 0.15) is 10.0 Å². The molecule has 0 unspecified atom stereocenters. The molecule has 0 bridgehead atoms. The molecule has 0 aliphatic heterocycles. The Bertz CT molecular complexity index is 698. The first kappa shape index (κ1) is 15.9. The standard InChI is InChI=1S/C12H10BrClFNO2S2/c13-12-9(14)7-11(19-12)20(17,18)16-6-5-8-3-1-2-4-10(8)15/h1-4,7,16H,5-6H2. The summed E-state index contributed by atoms with van der Waals surface area (Å²) in [5.41, 5.74) is 0.473. The van der Waals surface area contributed by atoms with Gasteiger partial charge in [0.05, 0.1) is 8.81 Å². The van der Waals surface area contributed by atoms with Gasteiger partial charge in [-0.2, -0.15) is 0 Å². The molecule has 0 saturated heterocycles. The van der Waals surface area contributed by atoms with Crippen molar-refractivity contribution in [1.82, 2.24) is 4.72 Å². The summed E-state index contributed by atoms with van der Waals surface area (Å²) in [6.45, 7) is 0.121. The normalized spacial score (nSPS) is 11.8. The van der Waals surface area contributed by atoms with Crippen molar-refractivity contribution >= 4 is 48.9 Å². The zero-order chi connectivity index (χ0) is 14.8. The molecule has 0 spiro atoms. The van der Waals surface area contributed by atoms with Crippen molar-refractivity contribution < 1.29 is 12.8 Å². The van der Waals surface area contributed by atoms with Crippen LogP contribution in [0.1, 0.15) is 5.56 Å². The van der Waals surface area contributed by atoms with Gasteiger partial charge in [-0.05, 0) is 40.0 Å². The lowest BCUT2D eigenvalue weighted by Crippen LogP contribution is -2.25. The van der Waals surface area contributed by atoms with Gasteiger partial charge >= 0.3 is 0 Å². The molecule has 20 heavy (non-hydrogen) atoms. The number of thiophene rings is 1. The predicted molar refractivity (Wildman–Crippen MR) is 82.3 cm³/mol. The van der Waals surface area contributed by atoms with Crippen LogP contribution in [0.15, 0.2) is 38.3 Å². The molecule has 0 radical (unpaired) electrons. The van der Waals surface area contributed by atoms with Crippen LogP contribution < -0.4 is 4.72 Å². The lowest BCUT2D eigenvalue weighted by Gasteiger charge is -2.05. The zero-order valence-electron chi connectivity index (χ0n) is 10.1. The first-order valence-electron chi connectivity index (χ1n) is 5.58. The van der Waals surface area contributed by atoms with E-state index in [-0.39, 0.29) is 23.0 Å². The minimum Gasteiger partial charge on any atom is -0.210 e. The summed E-state index contributed by atoms with van der Waals surface area (Å²) in [4.78, 5) is 0. The number of halogens is 3. The van der Waals surface area contributed by atoms with E-state index in [9.17, 15) is 12.8 Å². The fraction of sp³-hybridized carbons (Fsp3) is 0.167. The molecule has 0 fully saturated rings. The molecule has 2 aromatic rings. The van der Waals surface area contributed by atoms with Crippen LogP contribution >= 0.6 is 38.9 Å². The van der Waals surface area contributed by atoms with Crippen LogP contribution in [0, 0.1) is 5.82 Å². The highest BCUT2D eigenvalue weighted by molar-refractivity contribution is 9.11. The molecule has 0 saturated carbocycles. The van der Waals surface area contributed by atoms with Crippen molar-refractivity contribution in [2.75, 3.05) is 6.54 Å². The van der Waals surface area contributed by atoms with E-state index in [0.29, 0.717) is 14.4 Å².